The van der Waals surface area contributed by atoms with E-state index in [2.05, 4.69) is 17.0 Å². The number of aryl methyl sites for hydroxylation is 2. The Morgan fingerprint density at radius 1 is 1.05 bits per heavy atom. The number of carbonyl (C=O) groups excluding carboxylic acids is 2. The molecule has 0 unspecified atom stereocenters. The number of hydrogen-bond donors (Lipinski definition) is 0. The summed E-state index contributed by atoms with van der Waals surface area (Å²) in [6.07, 6.45) is 2.28. The molecule has 0 radical (unpaired) electrons. The minimum Gasteiger partial charge on any atom is -0.490 e. The summed E-state index contributed by atoms with van der Waals surface area (Å²) in [5, 5.41) is 6.17. The normalized spacial score (nSPS) is 20.4. The Balaban J connectivity index is 1.28. The lowest BCUT2D eigenvalue weighted by molar-refractivity contribution is -0.166. The molecule has 5 rings (SSSR count). The molecular weight excluding hydrogens is 518 g/mol. The number of ether oxygens (including phenoxy) is 2. The predicted octanol–water partition coefficient (Wildman–Crippen LogP) is 3.23. The summed E-state index contributed by atoms with van der Waals surface area (Å²) in [5.41, 5.74) is 0.968. The number of para-hydroxylation sites is 1. The van der Waals surface area contributed by atoms with E-state index in [0.29, 0.717) is 50.0 Å². The van der Waals surface area contributed by atoms with Gasteiger partial charge in [0.15, 0.2) is 0 Å². The molecule has 0 aliphatic carbocycles. The highest BCUT2D eigenvalue weighted by atomic mass is 35.5. The Morgan fingerprint density at radius 3 is 2.64 bits per heavy atom. The monoisotopic (exact) mass is 553 g/mol. The van der Waals surface area contributed by atoms with Crippen LogP contribution >= 0.6 is 11.6 Å². The number of hydrogen-bond acceptors (Lipinski definition) is 6. The average molecular weight is 554 g/mol. The zero-order valence-electron chi connectivity index (χ0n) is 22.6. The van der Waals surface area contributed by atoms with Gasteiger partial charge in [-0.05, 0) is 43.8 Å². The van der Waals surface area contributed by atoms with Crippen LogP contribution in [-0.2, 0) is 20.9 Å². The predicted molar refractivity (Wildman–Crippen MR) is 150 cm³/mol. The molecule has 3 heterocycles. The molecule has 2 aliphatic heterocycles. The first-order valence-corrected chi connectivity index (χ1v) is 13.9. The molecule has 0 saturated carbocycles. The lowest BCUT2D eigenvalue weighted by Crippen LogP contribution is -2.59. The van der Waals surface area contributed by atoms with Crippen molar-refractivity contribution >= 4 is 34.3 Å². The summed E-state index contributed by atoms with van der Waals surface area (Å²) in [6.45, 7) is 6.71. The average Bonchev–Trinajstić information content (AvgIpc) is 3.36. The molecule has 2 aromatic carbocycles. The number of likely N-dealkylation sites (N-methyl/N-ethyl adjacent to an activating group) is 1. The van der Waals surface area contributed by atoms with Crippen LogP contribution in [0.25, 0.3) is 10.9 Å². The molecule has 1 aromatic heterocycles. The number of rotatable bonds is 8. The first kappa shape index (κ1) is 27.4. The molecule has 2 fully saturated rings. The quantitative estimate of drug-likeness (QED) is 0.426. The fourth-order valence-corrected chi connectivity index (χ4v) is 5.35. The van der Waals surface area contributed by atoms with Gasteiger partial charge < -0.3 is 24.2 Å². The standard InChI is InChI=1S/C29H36ClN5O4/c1-22-17-24(7-8-25(22)30)38-21-29(18-28(37)33-13-11-32(2)12-14-33)20-34(15-16-39-29)27(36)9-10-35-26-6-4-3-5-23(26)19-31-35/h3-8,17,19H,9-16,18,20-21H2,1-2H3/t29-/m1/s1. The number of amides is 2. The van der Waals surface area contributed by atoms with Crippen LogP contribution in [0.4, 0.5) is 0 Å². The van der Waals surface area contributed by atoms with E-state index in [1.165, 1.54) is 0 Å². The van der Waals surface area contributed by atoms with Crippen molar-refractivity contribution in [2.45, 2.75) is 31.9 Å². The summed E-state index contributed by atoms with van der Waals surface area (Å²) < 4.78 is 14.3. The van der Waals surface area contributed by atoms with Gasteiger partial charge in [-0.3, -0.25) is 14.3 Å². The Bertz CT molecular complexity index is 1320. The molecule has 0 bridgehead atoms. The highest BCUT2D eigenvalue weighted by Crippen LogP contribution is 2.28. The second-order valence-electron chi connectivity index (χ2n) is 10.6. The molecule has 0 spiro atoms. The number of carbonyl (C=O) groups is 2. The Morgan fingerprint density at radius 2 is 1.85 bits per heavy atom. The second-order valence-corrected chi connectivity index (χ2v) is 11.0. The number of nitrogens with zero attached hydrogens (tertiary/aromatic N) is 5. The molecule has 1 atom stereocenters. The van der Waals surface area contributed by atoms with E-state index in [4.69, 9.17) is 21.1 Å². The molecular formula is C29H36ClN5O4. The molecule has 9 nitrogen and oxygen atoms in total. The van der Waals surface area contributed by atoms with Crippen LogP contribution in [0.1, 0.15) is 18.4 Å². The third-order valence-corrected chi connectivity index (χ3v) is 8.07. The van der Waals surface area contributed by atoms with Gasteiger partial charge in [-0.1, -0.05) is 29.8 Å². The van der Waals surface area contributed by atoms with Crippen molar-refractivity contribution < 1.29 is 19.1 Å². The molecule has 2 aliphatic rings. The van der Waals surface area contributed by atoms with Crippen molar-refractivity contribution in [3.8, 4) is 5.75 Å². The smallest absolute Gasteiger partial charge is 0.225 e. The highest BCUT2D eigenvalue weighted by molar-refractivity contribution is 6.31. The lowest BCUT2D eigenvalue weighted by Gasteiger charge is -2.43. The third-order valence-electron chi connectivity index (χ3n) is 7.65. The Kier molecular flexibility index (Phi) is 8.40. The van der Waals surface area contributed by atoms with E-state index in [1.807, 2.05) is 64.0 Å². The van der Waals surface area contributed by atoms with Crippen LogP contribution in [0.15, 0.2) is 48.7 Å². The topological polar surface area (TPSA) is 80.1 Å². The maximum Gasteiger partial charge on any atom is 0.225 e. The molecule has 2 amide bonds. The molecule has 39 heavy (non-hydrogen) atoms. The zero-order chi connectivity index (χ0) is 27.4. The van der Waals surface area contributed by atoms with Gasteiger partial charge in [0.2, 0.25) is 11.8 Å². The Labute approximate surface area is 234 Å². The molecule has 0 N–H and O–H groups in total. The van der Waals surface area contributed by atoms with Crippen LogP contribution in [0.2, 0.25) is 5.02 Å². The third kappa shape index (κ3) is 6.54. The van der Waals surface area contributed by atoms with Crippen molar-refractivity contribution in [3.63, 3.8) is 0 Å². The van der Waals surface area contributed by atoms with Crippen LogP contribution in [0.3, 0.4) is 0 Å². The van der Waals surface area contributed by atoms with Crippen LogP contribution in [-0.4, -0.2) is 101 Å². The van der Waals surface area contributed by atoms with E-state index in [1.54, 1.807) is 6.07 Å². The van der Waals surface area contributed by atoms with Crippen LogP contribution < -0.4 is 4.74 Å². The Hall–Kier alpha value is -3.14. The van der Waals surface area contributed by atoms with Crippen LogP contribution in [0, 0.1) is 6.92 Å². The summed E-state index contributed by atoms with van der Waals surface area (Å²) in [4.78, 5) is 32.7. The fraction of sp³-hybridized carbons (Fsp3) is 0.483. The molecule has 2 saturated heterocycles. The van der Waals surface area contributed by atoms with Crippen molar-refractivity contribution in [1.29, 1.82) is 0 Å². The number of morpholine rings is 1. The highest BCUT2D eigenvalue weighted by Gasteiger charge is 2.42. The number of piperazine rings is 1. The largest absolute Gasteiger partial charge is 0.490 e. The minimum absolute atomic E-state index is 0.0108. The summed E-state index contributed by atoms with van der Waals surface area (Å²) in [7, 11) is 2.06. The van der Waals surface area contributed by atoms with Crippen molar-refractivity contribution in [1.82, 2.24) is 24.5 Å². The second kappa shape index (κ2) is 11.9. The van der Waals surface area contributed by atoms with Gasteiger partial charge in [-0.15, -0.1) is 0 Å². The first-order chi connectivity index (χ1) is 18.8. The SMILES string of the molecule is Cc1cc(OC[C@@]2(CC(=O)N3CCN(C)CC3)CN(C(=O)CCn3ncc4ccccc43)CCO2)ccc1Cl. The van der Waals surface area contributed by atoms with Crippen molar-refractivity contribution in [3.05, 3.63) is 59.2 Å². The molecule has 3 aromatic rings. The van der Waals surface area contributed by atoms with Gasteiger partial charge in [-0.2, -0.15) is 5.10 Å². The van der Waals surface area contributed by atoms with Crippen LogP contribution in [0.5, 0.6) is 5.75 Å². The molecule has 208 valence electrons. The van der Waals surface area contributed by atoms with Gasteiger partial charge in [0, 0.05) is 49.6 Å². The maximum absolute atomic E-state index is 13.4. The number of fused-ring (bicyclic) bond motifs is 1. The minimum atomic E-state index is -0.944. The zero-order valence-corrected chi connectivity index (χ0v) is 23.4. The van der Waals surface area contributed by atoms with E-state index >= 15 is 0 Å². The van der Waals surface area contributed by atoms with E-state index in [0.717, 1.165) is 29.6 Å². The fourth-order valence-electron chi connectivity index (χ4n) is 5.23. The number of aromatic nitrogens is 2. The first-order valence-electron chi connectivity index (χ1n) is 13.5. The lowest BCUT2D eigenvalue weighted by atomic mass is 9.96. The van der Waals surface area contributed by atoms with E-state index in [9.17, 15) is 9.59 Å². The number of benzene rings is 2. The van der Waals surface area contributed by atoms with Gasteiger partial charge >= 0.3 is 0 Å². The van der Waals surface area contributed by atoms with E-state index < -0.39 is 5.60 Å². The summed E-state index contributed by atoms with van der Waals surface area (Å²) >= 11 is 6.19. The van der Waals surface area contributed by atoms with E-state index in [-0.39, 0.29) is 31.4 Å². The summed E-state index contributed by atoms with van der Waals surface area (Å²) in [6, 6.07) is 13.4. The van der Waals surface area contributed by atoms with Crippen molar-refractivity contribution in [2.75, 3.05) is 59.5 Å². The van der Waals surface area contributed by atoms with Crippen molar-refractivity contribution in [2.24, 2.45) is 0 Å². The number of halogens is 1. The summed E-state index contributed by atoms with van der Waals surface area (Å²) in [5.74, 6) is 0.689. The van der Waals surface area contributed by atoms with Gasteiger partial charge in [-0.25, -0.2) is 0 Å². The van der Waals surface area contributed by atoms with Gasteiger partial charge in [0.1, 0.15) is 18.0 Å². The van der Waals surface area contributed by atoms with Gasteiger partial charge in [0.25, 0.3) is 0 Å². The molecule has 10 heteroatoms. The van der Waals surface area contributed by atoms with Gasteiger partial charge in [0.05, 0.1) is 37.8 Å². The maximum atomic E-state index is 13.4.